The number of rotatable bonds is 1. The molecule has 2 nitrogen and oxygen atoms in total. The number of pyridine rings is 1. The zero-order chi connectivity index (χ0) is 12.7. The lowest BCUT2D eigenvalue weighted by Gasteiger charge is -1.99. The van der Waals surface area contributed by atoms with Crippen LogP contribution >= 0.6 is 31.9 Å². The minimum Gasteiger partial charge on any atom is -0.306 e. The van der Waals surface area contributed by atoms with Crippen LogP contribution in [0.15, 0.2) is 51.7 Å². The highest BCUT2D eigenvalue weighted by Gasteiger charge is 2.11. The zero-order valence-corrected chi connectivity index (χ0v) is 12.2. The van der Waals surface area contributed by atoms with E-state index < -0.39 is 0 Å². The molecule has 0 fully saturated rings. The quantitative estimate of drug-likeness (QED) is 0.609. The molecule has 0 aliphatic carbocycles. The van der Waals surface area contributed by atoms with Gasteiger partial charge in [0.05, 0.1) is 10.2 Å². The molecule has 2 heterocycles. The molecule has 0 saturated heterocycles. The van der Waals surface area contributed by atoms with E-state index in [-0.39, 0.29) is 5.82 Å². The molecule has 0 spiro atoms. The van der Waals surface area contributed by atoms with Gasteiger partial charge in [-0.1, -0.05) is 15.9 Å². The van der Waals surface area contributed by atoms with Gasteiger partial charge in [0, 0.05) is 22.4 Å². The number of benzene rings is 1. The van der Waals surface area contributed by atoms with Crippen molar-refractivity contribution < 1.29 is 4.39 Å². The van der Waals surface area contributed by atoms with Crippen LogP contribution in [0.25, 0.3) is 16.9 Å². The molecule has 0 unspecified atom stereocenters. The first-order valence-corrected chi connectivity index (χ1v) is 6.82. The number of halogens is 3. The molecule has 2 aromatic heterocycles. The highest BCUT2D eigenvalue weighted by atomic mass is 79.9. The molecule has 0 saturated carbocycles. The van der Waals surface area contributed by atoms with Crippen molar-refractivity contribution in [2.45, 2.75) is 0 Å². The van der Waals surface area contributed by atoms with Gasteiger partial charge < -0.3 is 4.40 Å². The van der Waals surface area contributed by atoms with E-state index in [4.69, 9.17) is 0 Å². The van der Waals surface area contributed by atoms with E-state index >= 15 is 0 Å². The summed E-state index contributed by atoms with van der Waals surface area (Å²) in [4.78, 5) is 4.44. The molecule has 0 N–H and O–H groups in total. The molecule has 0 aliphatic heterocycles. The largest absolute Gasteiger partial charge is 0.306 e. The summed E-state index contributed by atoms with van der Waals surface area (Å²) in [5.41, 5.74) is 1.87. The monoisotopic (exact) mass is 368 g/mol. The van der Waals surface area contributed by atoms with Crippen LogP contribution in [0.3, 0.4) is 0 Å². The van der Waals surface area contributed by atoms with Crippen molar-refractivity contribution in [3.05, 3.63) is 57.5 Å². The molecule has 5 heteroatoms. The Bertz CT molecular complexity index is 737. The molecule has 3 aromatic rings. The Labute approximate surface area is 120 Å². The van der Waals surface area contributed by atoms with E-state index in [0.717, 1.165) is 14.6 Å². The van der Waals surface area contributed by atoms with E-state index in [1.54, 1.807) is 12.1 Å². The lowest BCUT2D eigenvalue weighted by Crippen LogP contribution is -1.84. The second-order valence-corrected chi connectivity index (χ2v) is 5.61. The van der Waals surface area contributed by atoms with Gasteiger partial charge in [-0.05, 0) is 46.3 Å². The number of aromatic nitrogens is 2. The van der Waals surface area contributed by atoms with Crippen molar-refractivity contribution in [1.29, 1.82) is 0 Å². The summed E-state index contributed by atoms with van der Waals surface area (Å²) in [6.45, 7) is 0. The Kier molecular flexibility index (Phi) is 2.95. The lowest BCUT2D eigenvalue weighted by atomic mass is 10.1. The van der Waals surface area contributed by atoms with Crippen LogP contribution in [0.4, 0.5) is 4.39 Å². The maximum absolute atomic E-state index is 13.8. The third-order valence-corrected chi connectivity index (χ3v) is 3.75. The van der Waals surface area contributed by atoms with Gasteiger partial charge in [0.15, 0.2) is 5.65 Å². The third-order valence-electron chi connectivity index (χ3n) is 2.64. The van der Waals surface area contributed by atoms with Crippen molar-refractivity contribution >= 4 is 37.5 Å². The number of imidazole rings is 1. The molecule has 0 aliphatic rings. The summed E-state index contributed by atoms with van der Waals surface area (Å²) in [5, 5.41) is 0. The van der Waals surface area contributed by atoms with Crippen LogP contribution in [0, 0.1) is 5.82 Å². The van der Waals surface area contributed by atoms with Crippen molar-refractivity contribution in [3.63, 3.8) is 0 Å². The third kappa shape index (κ3) is 1.97. The van der Waals surface area contributed by atoms with E-state index in [2.05, 4.69) is 36.8 Å². The molecule has 0 bridgehead atoms. The van der Waals surface area contributed by atoms with E-state index in [0.29, 0.717) is 11.3 Å². The topological polar surface area (TPSA) is 17.3 Å². The maximum Gasteiger partial charge on any atom is 0.151 e. The smallest absolute Gasteiger partial charge is 0.151 e. The summed E-state index contributed by atoms with van der Waals surface area (Å²) in [7, 11) is 0. The van der Waals surface area contributed by atoms with Crippen LogP contribution in [0.2, 0.25) is 0 Å². The molecular formula is C13H7Br2FN2. The number of hydrogen-bond donors (Lipinski definition) is 0. The summed E-state index contributed by atoms with van der Waals surface area (Å²) < 4.78 is 17.4. The second-order valence-electron chi connectivity index (χ2n) is 3.84. The Morgan fingerprint density at radius 3 is 2.78 bits per heavy atom. The molecule has 1 aromatic carbocycles. The van der Waals surface area contributed by atoms with Crippen LogP contribution in [-0.4, -0.2) is 9.38 Å². The Morgan fingerprint density at radius 1 is 1.17 bits per heavy atom. The summed E-state index contributed by atoms with van der Waals surface area (Å²) in [6, 6.07) is 8.64. The predicted octanol–water partition coefficient (Wildman–Crippen LogP) is 4.67. The van der Waals surface area contributed by atoms with Crippen molar-refractivity contribution in [2.24, 2.45) is 0 Å². The molecule has 3 rings (SSSR count). The normalized spacial score (nSPS) is 11.1. The molecule has 90 valence electrons. The maximum atomic E-state index is 13.8. The fourth-order valence-corrected chi connectivity index (χ4v) is 2.61. The van der Waals surface area contributed by atoms with Gasteiger partial charge in [-0.2, -0.15) is 0 Å². The molecule has 18 heavy (non-hydrogen) atoms. The predicted molar refractivity (Wildman–Crippen MR) is 76.0 cm³/mol. The van der Waals surface area contributed by atoms with Crippen molar-refractivity contribution in [1.82, 2.24) is 9.38 Å². The fraction of sp³-hybridized carbons (Fsp3) is 0. The first kappa shape index (κ1) is 11.9. The first-order chi connectivity index (χ1) is 8.65. The standard InChI is InChI=1S/C13H7Br2FN2/c14-8-3-4-11(16)9(6-8)12-7-18-5-1-2-10(15)13(18)17-12/h1-7H. The number of nitrogens with zero attached hydrogens (tertiary/aromatic N) is 2. The lowest BCUT2D eigenvalue weighted by molar-refractivity contribution is 0.630. The van der Waals surface area contributed by atoms with E-state index in [9.17, 15) is 4.39 Å². The number of fused-ring (bicyclic) bond motifs is 1. The van der Waals surface area contributed by atoms with Crippen molar-refractivity contribution in [2.75, 3.05) is 0 Å². The van der Waals surface area contributed by atoms with E-state index in [1.165, 1.54) is 6.07 Å². The van der Waals surface area contributed by atoms with Crippen LogP contribution in [-0.2, 0) is 0 Å². The Balaban J connectivity index is 2.26. The summed E-state index contributed by atoms with van der Waals surface area (Å²) in [6.07, 6.45) is 3.69. The van der Waals surface area contributed by atoms with Gasteiger partial charge in [0.25, 0.3) is 0 Å². The number of hydrogen-bond acceptors (Lipinski definition) is 1. The first-order valence-electron chi connectivity index (χ1n) is 5.24. The minimum absolute atomic E-state index is 0.280. The van der Waals surface area contributed by atoms with Crippen LogP contribution in [0.5, 0.6) is 0 Å². The summed E-state index contributed by atoms with van der Waals surface area (Å²) in [5.74, 6) is -0.280. The van der Waals surface area contributed by atoms with Gasteiger partial charge in [-0.15, -0.1) is 0 Å². The van der Waals surface area contributed by atoms with Crippen molar-refractivity contribution in [3.8, 4) is 11.3 Å². The van der Waals surface area contributed by atoms with Gasteiger partial charge in [-0.25, -0.2) is 9.37 Å². The Hall–Kier alpha value is -1.20. The average Bonchev–Trinajstić information content (AvgIpc) is 2.77. The average molecular weight is 370 g/mol. The second kappa shape index (κ2) is 4.48. The van der Waals surface area contributed by atoms with Gasteiger partial charge >= 0.3 is 0 Å². The van der Waals surface area contributed by atoms with E-state index in [1.807, 2.05) is 28.9 Å². The van der Waals surface area contributed by atoms with Gasteiger partial charge in [-0.3, -0.25) is 0 Å². The van der Waals surface area contributed by atoms with Crippen LogP contribution < -0.4 is 0 Å². The highest BCUT2D eigenvalue weighted by Crippen LogP contribution is 2.27. The van der Waals surface area contributed by atoms with Gasteiger partial charge in [0.1, 0.15) is 5.82 Å². The fourth-order valence-electron chi connectivity index (χ4n) is 1.80. The summed E-state index contributed by atoms with van der Waals surface area (Å²) >= 11 is 6.77. The molecule has 0 atom stereocenters. The Morgan fingerprint density at radius 2 is 2.00 bits per heavy atom. The molecule has 0 amide bonds. The molecular weight excluding hydrogens is 363 g/mol. The highest BCUT2D eigenvalue weighted by molar-refractivity contribution is 9.10. The van der Waals surface area contributed by atoms with Gasteiger partial charge in [0.2, 0.25) is 0 Å². The molecule has 0 radical (unpaired) electrons. The zero-order valence-electron chi connectivity index (χ0n) is 9.07. The van der Waals surface area contributed by atoms with Crippen LogP contribution in [0.1, 0.15) is 0 Å². The SMILES string of the molecule is Fc1ccc(Br)cc1-c1cn2cccc(Br)c2n1. The minimum atomic E-state index is -0.280.